The van der Waals surface area contributed by atoms with Gasteiger partial charge in [-0.3, -0.25) is 4.79 Å². The SMILES string of the molecule is CCCCn1nnnc1NCc1cc(OCC)c(OCC(=O)Nc2ccc(C)cc2)cc1Cl. The first-order chi connectivity index (χ1) is 16.0. The molecule has 0 aliphatic carbocycles. The van der Waals surface area contributed by atoms with Gasteiger partial charge in [0, 0.05) is 29.9 Å². The Morgan fingerprint density at radius 2 is 1.88 bits per heavy atom. The average molecular weight is 473 g/mol. The maximum atomic E-state index is 12.3. The fourth-order valence-corrected chi connectivity index (χ4v) is 3.26. The highest BCUT2D eigenvalue weighted by atomic mass is 35.5. The van der Waals surface area contributed by atoms with E-state index in [0.29, 0.717) is 41.3 Å². The number of anilines is 2. The van der Waals surface area contributed by atoms with E-state index < -0.39 is 0 Å². The van der Waals surface area contributed by atoms with Crippen LogP contribution in [0.5, 0.6) is 11.5 Å². The third-order valence-electron chi connectivity index (χ3n) is 4.80. The Morgan fingerprint density at radius 3 is 2.61 bits per heavy atom. The Balaban J connectivity index is 1.64. The summed E-state index contributed by atoms with van der Waals surface area (Å²) in [5.41, 5.74) is 2.62. The topological polar surface area (TPSA) is 103 Å². The van der Waals surface area contributed by atoms with Crippen molar-refractivity contribution in [3.63, 3.8) is 0 Å². The van der Waals surface area contributed by atoms with Crippen LogP contribution >= 0.6 is 11.6 Å². The monoisotopic (exact) mass is 472 g/mol. The fraction of sp³-hybridized carbons (Fsp3) is 0.391. The number of hydrogen-bond donors (Lipinski definition) is 2. The van der Waals surface area contributed by atoms with Gasteiger partial charge in [-0.1, -0.05) is 47.7 Å². The van der Waals surface area contributed by atoms with Gasteiger partial charge in [-0.15, -0.1) is 0 Å². The molecule has 1 amide bonds. The smallest absolute Gasteiger partial charge is 0.262 e. The van der Waals surface area contributed by atoms with E-state index in [-0.39, 0.29) is 12.5 Å². The van der Waals surface area contributed by atoms with Crippen molar-refractivity contribution in [2.24, 2.45) is 0 Å². The summed E-state index contributed by atoms with van der Waals surface area (Å²) in [5, 5.41) is 18.3. The number of hydrogen-bond acceptors (Lipinski definition) is 7. The van der Waals surface area contributed by atoms with E-state index in [1.54, 1.807) is 16.8 Å². The lowest BCUT2D eigenvalue weighted by molar-refractivity contribution is -0.118. The Morgan fingerprint density at radius 1 is 1.12 bits per heavy atom. The van der Waals surface area contributed by atoms with Crippen LogP contribution in [-0.2, 0) is 17.9 Å². The highest BCUT2D eigenvalue weighted by molar-refractivity contribution is 6.31. The zero-order chi connectivity index (χ0) is 23.6. The molecule has 176 valence electrons. The number of benzene rings is 2. The normalized spacial score (nSPS) is 10.7. The number of nitrogens with one attached hydrogen (secondary N) is 2. The zero-order valence-corrected chi connectivity index (χ0v) is 19.9. The van der Waals surface area contributed by atoms with E-state index in [2.05, 4.69) is 33.1 Å². The van der Waals surface area contributed by atoms with Gasteiger partial charge in [0.1, 0.15) is 0 Å². The number of amides is 1. The fourth-order valence-electron chi connectivity index (χ4n) is 3.04. The molecule has 0 radical (unpaired) electrons. The molecule has 0 aliphatic heterocycles. The van der Waals surface area contributed by atoms with Crippen LogP contribution in [0, 0.1) is 6.92 Å². The van der Waals surface area contributed by atoms with Crippen LogP contribution in [0.15, 0.2) is 36.4 Å². The number of rotatable bonds is 12. The number of halogens is 1. The molecule has 2 N–H and O–H groups in total. The minimum atomic E-state index is -0.276. The van der Waals surface area contributed by atoms with Crippen LogP contribution in [-0.4, -0.2) is 39.3 Å². The van der Waals surface area contributed by atoms with Crippen LogP contribution in [0.2, 0.25) is 5.02 Å². The van der Waals surface area contributed by atoms with Gasteiger partial charge >= 0.3 is 0 Å². The van der Waals surface area contributed by atoms with E-state index in [4.69, 9.17) is 21.1 Å². The molecule has 0 aliphatic rings. The van der Waals surface area contributed by atoms with Crippen molar-refractivity contribution in [1.82, 2.24) is 20.2 Å². The number of carbonyl (C=O) groups excluding carboxylic acids is 1. The zero-order valence-electron chi connectivity index (χ0n) is 19.1. The molecule has 0 saturated carbocycles. The van der Waals surface area contributed by atoms with Crippen LogP contribution in [0.1, 0.15) is 37.8 Å². The second-order valence-electron chi connectivity index (χ2n) is 7.46. The molecule has 0 bridgehead atoms. The molecule has 10 heteroatoms. The summed E-state index contributed by atoms with van der Waals surface area (Å²) < 4.78 is 13.2. The lowest BCUT2D eigenvalue weighted by Gasteiger charge is -2.15. The Hall–Kier alpha value is -3.33. The first-order valence-electron chi connectivity index (χ1n) is 10.9. The van der Waals surface area contributed by atoms with Gasteiger partial charge in [-0.05, 0) is 54.5 Å². The van der Waals surface area contributed by atoms with Crippen molar-refractivity contribution in [3.8, 4) is 11.5 Å². The lowest BCUT2D eigenvalue weighted by atomic mass is 10.2. The van der Waals surface area contributed by atoms with Gasteiger partial charge in [0.2, 0.25) is 5.95 Å². The quantitative estimate of drug-likeness (QED) is 0.401. The third-order valence-corrected chi connectivity index (χ3v) is 5.15. The molecular weight excluding hydrogens is 444 g/mol. The van der Waals surface area contributed by atoms with Gasteiger partial charge in [0.05, 0.1) is 6.61 Å². The largest absolute Gasteiger partial charge is 0.490 e. The standard InChI is InChI=1S/C23H29ClN6O3/c1-4-6-11-30-23(27-28-29-30)25-14-17-12-20(32-5-2)21(13-19(17)24)33-15-22(31)26-18-9-7-16(3)8-10-18/h7-10,12-13H,4-6,11,14-15H2,1-3H3,(H,26,31)(H,25,27,29). The minimum Gasteiger partial charge on any atom is -0.490 e. The van der Waals surface area contributed by atoms with Crippen LogP contribution in [0.25, 0.3) is 0 Å². The summed E-state index contributed by atoms with van der Waals surface area (Å²) in [5.74, 6) is 1.21. The molecule has 1 heterocycles. The van der Waals surface area contributed by atoms with Crippen molar-refractivity contribution in [1.29, 1.82) is 0 Å². The Kier molecular flexibility index (Phi) is 8.88. The average Bonchev–Trinajstić information content (AvgIpc) is 3.25. The summed E-state index contributed by atoms with van der Waals surface area (Å²) in [6.07, 6.45) is 2.03. The number of nitrogens with zero attached hydrogens (tertiary/aromatic N) is 4. The first kappa shape index (κ1) is 24.3. The molecule has 0 atom stereocenters. The molecule has 0 fully saturated rings. The van der Waals surface area contributed by atoms with Gasteiger partial charge in [-0.25, -0.2) is 4.68 Å². The minimum absolute atomic E-state index is 0.173. The predicted molar refractivity (Wildman–Crippen MR) is 128 cm³/mol. The van der Waals surface area contributed by atoms with Gasteiger partial charge < -0.3 is 20.1 Å². The first-order valence-corrected chi connectivity index (χ1v) is 11.3. The molecule has 0 unspecified atom stereocenters. The van der Waals surface area contributed by atoms with Crippen LogP contribution < -0.4 is 20.1 Å². The van der Waals surface area contributed by atoms with Crippen molar-refractivity contribution in [2.45, 2.75) is 46.7 Å². The second-order valence-corrected chi connectivity index (χ2v) is 7.87. The molecule has 0 saturated heterocycles. The van der Waals surface area contributed by atoms with Gasteiger partial charge in [0.15, 0.2) is 18.1 Å². The van der Waals surface area contributed by atoms with Crippen molar-refractivity contribution in [3.05, 3.63) is 52.5 Å². The summed E-state index contributed by atoms with van der Waals surface area (Å²) in [6.45, 7) is 7.39. The third kappa shape index (κ3) is 7.08. The molecule has 3 rings (SSSR count). The maximum Gasteiger partial charge on any atom is 0.262 e. The summed E-state index contributed by atoms with van der Waals surface area (Å²) >= 11 is 6.49. The highest BCUT2D eigenvalue weighted by Crippen LogP contribution is 2.34. The Bertz CT molecular complexity index is 1050. The van der Waals surface area contributed by atoms with E-state index in [1.165, 1.54) is 0 Å². The molecule has 1 aromatic heterocycles. The van der Waals surface area contributed by atoms with Crippen molar-refractivity contribution < 1.29 is 14.3 Å². The molecule has 3 aromatic rings. The van der Waals surface area contributed by atoms with Gasteiger partial charge in [-0.2, -0.15) is 0 Å². The molecule has 2 aromatic carbocycles. The van der Waals surface area contributed by atoms with Crippen LogP contribution in [0.3, 0.4) is 0 Å². The number of unbranched alkanes of at least 4 members (excludes halogenated alkanes) is 1. The Labute approximate surface area is 198 Å². The van der Waals surface area contributed by atoms with Crippen LogP contribution in [0.4, 0.5) is 11.6 Å². The van der Waals surface area contributed by atoms with E-state index in [1.807, 2.05) is 38.1 Å². The van der Waals surface area contributed by atoms with E-state index >= 15 is 0 Å². The summed E-state index contributed by atoms with van der Waals surface area (Å²) in [7, 11) is 0. The number of aryl methyl sites for hydroxylation is 2. The van der Waals surface area contributed by atoms with Gasteiger partial charge in [0.25, 0.3) is 5.91 Å². The van der Waals surface area contributed by atoms with E-state index in [0.717, 1.165) is 30.5 Å². The summed E-state index contributed by atoms with van der Waals surface area (Å²) in [6, 6.07) is 11.0. The van der Waals surface area contributed by atoms with E-state index in [9.17, 15) is 4.79 Å². The number of aromatic nitrogens is 4. The number of carbonyl (C=O) groups is 1. The molecular formula is C23H29ClN6O3. The van der Waals surface area contributed by atoms with Crippen molar-refractivity contribution >= 4 is 29.1 Å². The number of ether oxygens (including phenoxy) is 2. The van der Waals surface area contributed by atoms with Crippen molar-refractivity contribution in [2.75, 3.05) is 23.8 Å². The molecule has 0 spiro atoms. The molecule has 9 nitrogen and oxygen atoms in total. The predicted octanol–water partition coefficient (Wildman–Crippen LogP) is 4.46. The summed E-state index contributed by atoms with van der Waals surface area (Å²) in [4.78, 5) is 12.3. The highest BCUT2D eigenvalue weighted by Gasteiger charge is 2.14. The second kappa shape index (κ2) is 12.1. The maximum absolute atomic E-state index is 12.3. The number of tetrazole rings is 1. The lowest BCUT2D eigenvalue weighted by Crippen LogP contribution is -2.20. The molecule has 33 heavy (non-hydrogen) atoms.